The van der Waals surface area contributed by atoms with Crippen molar-refractivity contribution in [3.05, 3.63) is 22.3 Å². The Bertz CT molecular complexity index is 552. The van der Waals surface area contributed by atoms with Crippen molar-refractivity contribution < 1.29 is 4.74 Å². The highest BCUT2D eigenvalue weighted by Crippen LogP contribution is 2.29. The minimum atomic E-state index is 0.220. The van der Waals surface area contributed by atoms with Crippen LogP contribution in [0.3, 0.4) is 0 Å². The average molecular weight is 247 g/mol. The van der Waals surface area contributed by atoms with Crippen LogP contribution in [0.25, 0.3) is 12.2 Å². The molecule has 0 bridgehead atoms. The molecule has 0 amide bonds. The van der Waals surface area contributed by atoms with E-state index in [2.05, 4.69) is 24.1 Å². The number of ether oxygens (including phenoxy) is 1. The van der Waals surface area contributed by atoms with E-state index in [4.69, 9.17) is 4.74 Å². The zero-order valence-corrected chi connectivity index (χ0v) is 11.1. The van der Waals surface area contributed by atoms with Crippen LogP contribution >= 0.6 is 11.8 Å². The van der Waals surface area contributed by atoms with Crippen LogP contribution in [0.5, 0.6) is 0 Å². The predicted molar refractivity (Wildman–Crippen MR) is 71.4 cm³/mol. The van der Waals surface area contributed by atoms with E-state index in [0.717, 1.165) is 17.7 Å². The van der Waals surface area contributed by atoms with Crippen molar-refractivity contribution in [1.29, 1.82) is 0 Å². The highest BCUT2D eigenvalue weighted by Gasteiger charge is 2.19. The van der Waals surface area contributed by atoms with Crippen molar-refractivity contribution in [2.24, 2.45) is 5.92 Å². The number of hydrogen-bond acceptors (Lipinski definition) is 3. The van der Waals surface area contributed by atoms with Crippen molar-refractivity contribution in [3.8, 4) is 0 Å². The maximum atomic E-state index is 5.44. The van der Waals surface area contributed by atoms with Gasteiger partial charge in [-0.05, 0) is 30.4 Å². The maximum Gasteiger partial charge on any atom is 0.0796 e. The lowest BCUT2D eigenvalue weighted by Gasteiger charge is -2.22. The summed E-state index contributed by atoms with van der Waals surface area (Å²) in [5.41, 5.74) is 1.48. The summed E-state index contributed by atoms with van der Waals surface area (Å²) in [6, 6.07) is 0. The average Bonchev–Trinajstić information content (AvgIpc) is 2.38. The number of fused-ring (bicyclic) bond motifs is 3. The molecule has 2 atom stereocenters. The summed E-state index contributed by atoms with van der Waals surface area (Å²) in [6.07, 6.45) is 8.83. The molecule has 0 spiro atoms. The van der Waals surface area contributed by atoms with E-state index in [1.807, 2.05) is 18.0 Å². The largest absolute Gasteiger partial charge is 0.377 e. The molecule has 1 aromatic rings. The van der Waals surface area contributed by atoms with Gasteiger partial charge in [0.25, 0.3) is 0 Å². The summed E-state index contributed by atoms with van der Waals surface area (Å²) in [7, 11) is 1.78. The number of thioether (sulfide) groups is 1. The highest BCUT2D eigenvalue weighted by molar-refractivity contribution is 7.99. The topological polar surface area (TPSA) is 22.1 Å². The van der Waals surface area contributed by atoms with Crippen LogP contribution in [0.1, 0.15) is 18.9 Å². The fraction of sp³-hybridized carbons (Fsp3) is 0.500. The molecule has 3 heteroatoms. The molecule has 0 radical (unpaired) electrons. The van der Waals surface area contributed by atoms with Crippen molar-refractivity contribution in [3.63, 3.8) is 0 Å². The quantitative estimate of drug-likeness (QED) is 0.748. The predicted octanol–water partition coefficient (Wildman–Crippen LogP) is 1.35. The molecule has 1 aliphatic heterocycles. The van der Waals surface area contributed by atoms with E-state index in [-0.39, 0.29) is 6.10 Å². The first-order chi connectivity index (χ1) is 8.28. The SMILES string of the molecule is COC1C=c2c3c(cnc2=CC1)SCC(C)C3. The first kappa shape index (κ1) is 11.3. The molecule has 1 aromatic heterocycles. The van der Waals surface area contributed by atoms with Crippen LogP contribution in [-0.4, -0.2) is 24.0 Å². The second-order valence-electron chi connectivity index (χ2n) is 4.90. The minimum Gasteiger partial charge on any atom is -0.377 e. The van der Waals surface area contributed by atoms with Gasteiger partial charge in [0.05, 0.1) is 11.5 Å². The lowest BCUT2D eigenvalue weighted by molar-refractivity contribution is 0.157. The standard InChI is InChI=1S/C14H17NOS/c1-9-5-12-11-6-10(16-2)3-4-13(11)15-7-14(12)17-8-9/h4,6-7,9-10H,3,5,8H2,1-2H3. The fourth-order valence-electron chi connectivity index (χ4n) is 2.53. The minimum absolute atomic E-state index is 0.220. The van der Waals surface area contributed by atoms with Crippen LogP contribution in [0.2, 0.25) is 0 Å². The van der Waals surface area contributed by atoms with Crippen LogP contribution in [0.4, 0.5) is 0 Å². The van der Waals surface area contributed by atoms with Crippen LogP contribution in [-0.2, 0) is 11.2 Å². The Hall–Kier alpha value is -0.800. The zero-order valence-electron chi connectivity index (χ0n) is 10.3. The van der Waals surface area contributed by atoms with Crippen molar-refractivity contribution in [2.75, 3.05) is 12.9 Å². The number of nitrogens with zero attached hydrogens (tertiary/aromatic N) is 1. The van der Waals surface area contributed by atoms with E-state index in [0.29, 0.717) is 0 Å². The summed E-state index contributed by atoms with van der Waals surface area (Å²) >= 11 is 1.94. The van der Waals surface area contributed by atoms with Gasteiger partial charge in [0.2, 0.25) is 0 Å². The molecule has 17 heavy (non-hydrogen) atoms. The van der Waals surface area contributed by atoms with Crippen molar-refractivity contribution in [2.45, 2.75) is 30.8 Å². The highest BCUT2D eigenvalue weighted by atomic mass is 32.2. The summed E-state index contributed by atoms with van der Waals surface area (Å²) < 4.78 is 5.44. The monoisotopic (exact) mass is 247 g/mol. The van der Waals surface area contributed by atoms with Crippen LogP contribution < -0.4 is 10.6 Å². The van der Waals surface area contributed by atoms with Crippen LogP contribution in [0.15, 0.2) is 11.1 Å². The molecule has 0 fully saturated rings. The van der Waals surface area contributed by atoms with Gasteiger partial charge < -0.3 is 4.74 Å². The summed E-state index contributed by atoms with van der Waals surface area (Å²) in [4.78, 5) is 5.93. The third-order valence-corrected chi connectivity index (χ3v) is 4.89. The van der Waals surface area contributed by atoms with Gasteiger partial charge in [-0.25, -0.2) is 0 Å². The second-order valence-corrected chi connectivity index (χ2v) is 5.96. The Balaban J connectivity index is 2.19. The Morgan fingerprint density at radius 3 is 3.18 bits per heavy atom. The summed E-state index contributed by atoms with van der Waals surface area (Å²) in [6.45, 7) is 2.32. The van der Waals surface area contributed by atoms with E-state index in [1.54, 1.807) is 7.11 Å². The van der Waals surface area contributed by atoms with Crippen molar-refractivity contribution >= 4 is 23.9 Å². The lowest BCUT2D eigenvalue weighted by atomic mass is 9.98. The van der Waals surface area contributed by atoms with E-state index >= 15 is 0 Å². The molecule has 2 unspecified atom stereocenters. The summed E-state index contributed by atoms with van der Waals surface area (Å²) in [5, 5.41) is 2.46. The Morgan fingerprint density at radius 2 is 2.35 bits per heavy atom. The second kappa shape index (κ2) is 4.46. The van der Waals surface area contributed by atoms with E-state index in [9.17, 15) is 0 Å². The Kier molecular flexibility index (Phi) is 2.97. The molecule has 3 rings (SSSR count). The molecule has 0 N–H and O–H groups in total. The number of hydrogen-bond donors (Lipinski definition) is 0. The van der Waals surface area contributed by atoms with Gasteiger partial charge in [-0.2, -0.15) is 0 Å². The number of pyridine rings is 1. The van der Waals surface area contributed by atoms with Gasteiger partial charge in [-0.1, -0.05) is 13.0 Å². The third kappa shape index (κ3) is 2.02. The molecule has 0 aromatic carbocycles. The smallest absolute Gasteiger partial charge is 0.0796 e. The lowest BCUT2D eigenvalue weighted by Crippen LogP contribution is -2.38. The van der Waals surface area contributed by atoms with Gasteiger partial charge in [0, 0.05) is 29.2 Å². The van der Waals surface area contributed by atoms with Crippen LogP contribution in [0, 0.1) is 5.92 Å². The number of methoxy groups -OCH3 is 1. The molecule has 2 nitrogen and oxygen atoms in total. The Labute approximate surface area is 106 Å². The Morgan fingerprint density at radius 1 is 1.47 bits per heavy atom. The molecule has 1 aliphatic carbocycles. The zero-order chi connectivity index (χ0) is 11.8. The van der Waals surface area contributed by atoms with Gasteiger partial charge in [0.1, 0.15) is 0 Å². The first-order valence-electron chi connectivity index (χ1n) is 6.13. The third-order valence-electron chi connectivity index (χ3n) is 3.49. The molecule has 2 heterocycles. The normalized spacial score (nSPS) is 26.5. The first-order valence-corrected chi connectivity index (χ1v) is 7.12. The number of rotatable bonds is 1. The fourth-order valence-corrected chi connectivity index (χ4v) is 3.61. The molecule has 2 aliphatic rings. The maximum absolute atomic E-state index is 5.44. The van der Waals surface area contributed by atoms with Gasteiger partial charge in [-0.15, -0.1) is 11.8 Å². The van der Waals surface area contributed by atoms with Gasteiger partial charge >= 0.3 is 0 Å². The molecular weight excluding hydrogens is 230 g/mol. The summed E-state index contributed by atoms with van der Waals surface area (Å²) in [5.74, 6) is 1.97. The van der Waals surface area contributed by atoms with E-state index < -0.39 is 0 Å². The number of aromatic nitrogens is 1. The van der Waals surface area contributed by atoms with Gasteiger partial charge in [0.15, 0.2) is 0 Å². The molecular formula is C14H17NOS. The molecule has 90 valence electrons. The van der Waals surface area contributed by atoms with Crippen molar-refractivity contribution in [1.82, 2.24) is 4.98 Å². The van der Waals surface area contributed by atoms with E-state index in [1.165, 1.54) is 27.9 Å². The molecule has 0 saturated heterocycles. The van der Waals surface area contributed by atoms with Gasteiger partial charge in [-0.3, -0.25) is 4.98 Å². The molecule has 0 saturated carbocycles.